The lowest BCUT2D eigenvalue weighted by atomic mass is 10.1. The highest BCUT2D eigenvalue weighted by Gasteiger charge is 2.14. The van der Waals surface area contributed by atoms with Crippen molar-refractivity contribution in [3.63, 3.8) is 0 Å². The van der Waals surface area contributed by atoms with Crippen LogP contribution in [0.3, 0.4) is 0 Å². The van der Waals surface area contributed by atoms with Gasteiger partial charge in [-0.25, -0.2) is 4.79 Å². The van der Waals surface area contributed by atoms with Gasteiger partial charge in [-0.05, 0) is 43.0 Å². The third-order valence-electron chi connectivity index (χ3n) is 2.99. The van der Waals surface area contributed by atoms with E-state index in [-0.39, 0.29) is 6.10 Å². The molecule has 1 N–H and O–H groups in total. The Morgan fingerprint density at radius 3 is 3.11 bits per heavy atom. The molecule has 1 aliphatic heterocycles. The zero-order valence-corrected chi connectivity index (χ0v) is 10.7. The van der Waals surface area contributed by atoms with Gasteiger partial charge >= 0.3 is 5.97 Å². The number of ether oxygens (including phenoxy) is 2. The molecule has 0 radical (unpaired) electrons. The van der Waals surface area contributed by atoms with E-state index in [4.69, 9.17) is 14.6 Å². The minimum absolute atomic E-state index is 0.173. The Morgan fingerprint density at radius 2 is 2.37 bits per heavy atom. The van der Waals surface area contributed by atoms with Crippen molar-refractivity contribution in [3.8, 4) is 5.75 Å². The largest absolute Gasteiger partial charge is 0.491 e. The molecule has 19 heavy (non-hydrogen) atoms. The first-order valence-electron chi connectivity index (χ1n) is 6.49. The second kappa shape index (κ2) is 6.95. The highest BCUT2D eigenvalue weighted by Crippen LogP contribution is 2.17. The van der Waals surface area contributed by atoms with Gasteiger partial charge < -0.3 is 14.6 Å². The van der Waals surface area contributed by atoms with E-state index < -0.39 is 5.97 Å². The molecule has 4 heteroatoms. The molecule has 4 nitrogen and oxygen atoms in total. The van der Waals surface area contributed by atoms with Gasteiger partial charge in [-0.15, -0.1) is 0 Å². The standard InChI is InChI=1S/C15H18O4/c16-15(17)8-7-12-4-3-6-13(10-12)19-11-14-5-1-2-9-18-14/h3-4,6-8,10,14H,1-2,5,9,11H2,(H,16,17). The molecule has 0 bridgehead atoms. The van der Waals surface area contributed by atoms with Crippen LogP contribution in [0.1, 0.15) is 24.8 Å². The van der Waals surface area contributed by atoms with Gasteiger partial charge in [0.1, 0.15) is 12.4 Å². The van der Waals surface area contributed by atoms with Gasteiger partial charge in [0.2, 0.25) is 0 Å². The minimum atomic E-state index is -0.957. The summed E-state index contributed by atoms with van der Waals surface area (Å²) < 4.78 is 11.3. The van der Waals surface area contributed by atoms with Crippen LogP contribution < -0.4 is 4.74 Å². The predicted octanol–water partition coefficient (Wildman–Crippen LogP) is 2.73. The summed E-state index contributed by atoms with van der Waals surface area (Å²) in [5, 5.41) is 8.58. The van der Waals surface area contributed by atoms with E-state index in [1.165, 1.54) is 6.42 Å². The van der Waals surface area contributed by atoms with E-state index in [1.54, 1.807) is 6.08 Å². The second-order valence-corrected chi connectivity index (χ2v) is 4.54. The fourth-order valence-electron chi connectivity index (χ4n) is 2.00. The Kier molecular flexibility index (Phi) is 4.98. The number of carbonyl (C=O) groups is 1. The summed E-state index contributed by atoms with van der Waals surface area (Å²) in [6.45, 7) is 1.36. The molecule has 1 aromatic rings. The predicted molar refractivity (Wildman–Crippen MR) is 72.2 cm³/mol. The van der Waals surface area contributed by atoms with Crippen LogP contribution >= 0.6 is 0 Å². The highest BCUT2D eigenvalue weighted by molar-refractivity contribution is 5.85. The molecule has 2 rings (SSSR count). The zero-order chi connectivity index (χ0) is 13.5. The average molecular weight is 262 g/mol. The Balaban J connectivity index is 1.89. The summed E-state index contributed by atoms with van der Waals surface area (Å²) in [5.74, 6) is -0.219. The monoisotopic (exact) mass is 262 g/mol. The summed E-state index contributed by atoms with van der Waals surface area (Å²) in [7, 11) is 0. The summed E-state index contributed by atoms with van der Waals surface area (Å²) in [4.78, 5) is 10.5. The average Bonchev–Trinajstić information content (AvgIpc) is 2.44. The Bertz CT molecular complexity index is 447. The van der Waals surface area contributed by atoms with Crippen molar-refractivity contribution < 1.29 is 19.4 Å². The van der Waals surface area contributed by atoms with E-state index in [0.717, 1.165) is 36.8 Å². The lowest BCUT2D eigenvalue weighted by Crippen LogP contribution is -2.25. The molecule has 1 saturated heterocycles. The summed E-state index contributed by atoms with van der Waals surface area (Å²) in [6.07, 6.45) is 6.20. The number of hydrogen-bond donors (Lipinski definition) is 1. The lowest BCUT2D eigenvalue weighted by Gasteiger charge is -2.22. The van der Waals surface area contributed by atoms with E-state index in [0.29, 0.717) is 6.61 Å². The first kappa shape index (κ1) is 13.6. The molecule has 1 aromatic carbocycles. The van der Waals surface area contributed by atoms with Crippen molar-refractivity contribution in [2.75, 3.05) is 13.2 Å². The van der Waals surface area contributed by atoms with Crippen LogP contribution in [0.2, 0.25) is 0 Å². The molecule has 0 aromatic heterocycles. The van der Waals surface area contributed by atoms with Gasteiger partial charge in [0, 0.05) is 12.7 Å². The SMILES string of the molecule is O=C(O)C=Cc1cccc(OCC2CCCCO2)c1. The summed E-state index contributed by atoms with van der Waals surface area (Å²) >= 11 is 0. The highest BCUT2D eigenvalue weighted by atomic mass is 16.5. The van der Waals surface area contributed by atoms with Gasteiger partial charge in [-0.3, -0.25) is 0 Å². The molecule has 0 amide bonds. The van der Waals surface area contributed by atoms with Crippen LogP contribution in [0, 0.1) is 0 Å². The van der Waals surface area contributed by atoms with Crippen molar-refractivity contribution in [1.82, 2.24) is 0 Å². The minimum Gasteiger partial charge on any atom is -0.491 e. The zero-order valence-electron chi connectivity index (χ0n) is 10.7. The number of carboxylic acids is 1. The van der Waals surface area contributed by atoms with E-state index >= 15 is 0 Å². The maximum atomic E-state index is 10.5. The number of rotatable bonds is 5. The maximum absolute atomic E-state index is 10.5. The first-order chi connectivity index (χ1) is 9.24. The topological polar surface area (TPSA) is 55.8 Å². The number of aliphatic carboxylic acids is 1. The van der Waals surface area contributed by atoms with Gasteiger partial charge in [0.15, 0.2) is 0 Å². The van der Waals surface area contributed by atoms with Crippen molar-refractivity contribution in [3.05, 3.63) is 35.9 Å². The van der Waals surface area contributed by atoms with E-state index in [2.05, 4.69) is 0 Å². The smallest absolute Gasteiger partial charge is 0.328 e. The molecule has 1 heterocycles. The van der Waals surface area contributed by atoms with Gasteiger partial charge in [0.05, 0.1) is 6.10 Å². The molecule has 0 spiro atoms. The van der Waals surface area contributed by atoms with Crippen molar-refractivity contribution in [1.29, 1.82) is 0 Å². The summed E-state index contributed by atoms with van der Waals surface area (Å²) in [5.41, 5.74) is 0.810. The molecule has 1 atom stereocenters. The van der Waals surface area contributed by atoms with Crippen molar-refractivity contribution >= 4 is 12.0 Å². The van der Waals surface area contributed by atoms with Crippen LogP contribution in [-0.2, 0) is 9.53 Å². The molecule has 0 saturated carbocycles. The number of hydrogen-bond acceptors (Lipinski definition) is 3. The maximum Gasteiger partial charge on any atom is 0.328 e. The van der Waals surface area contributed by atoms with Crippen LogP contribution in [0.5, 0.6) is 5.75 Å². The molecular weight excluding hydrogens is 244 g/mol. The van der Waals surface area contributed by atoms with Gasteiger partial charge in [-0.2, -0.15) is 0 Å². The van der Waals surface area contributed by atoms with Crippen molar-refractivity contribution in [2.24, 2.45) is 0 Å². The lowest BCUT2D eigenvalue weighted by molar-refractivity contribution is -0.131. The Hall–Kier alpha value is -1.81. The van der Waals surface area contributed by atoms with Crippen LogP contribution in [0.15, 0.2) is 30.3 Å². The quantitative estimate of drug-likeness (QED) is 0.829. The number of benzene rings is 1. The second-order valence-electron chi connectivity index (χ2n) is 4.54. The van der Waals surface area contributed by atoms with Crippen LogP contribution in [0.25, 0.3) is 6.08 Å². The fraction of sp³-hybridized carbons (Fsp3) is 0.400. The van der Waals surface area contributed by atoms with E-state index in [1.807, 2.05) is 24.3 Å². The fourth-order valence-corrected chi connectivity index (χ4v) is 2.00. The van der Waals surface area contributed by atoms with Crippen molar-refractivity contribution in [2.45, 2.75) is 25.4 Å². The van der Waals surface area contributed by atoms with Crippen LogP contribution in [0.4, 0.5) is 0 Å². The third-order valence-corrected chi connectivity index (χ3v) is 2.99. The third kappa shape index (κ3) is 4.75. The Labute approximate surface area is 112 Å². The molecule has 102 valence electrons. The summed E-state index contributed by atoms with van der Waals surface area (Å²) in [6, 6.07) is 7.37. The molecular formula is C15H18O4. The Morgan fingerprint density at radius 1 is 1.47 bits per heavy atom. The molecule has 1 fully saturated rings. The molecule has 0 aliphatic carbocycles. The van der Waals surface area contributed by atoms with Gasteiger partial charge in [0.25, 0.3) is 0 Å². The van der Waals surface area contributed by atoms with E-state index in [9.17, 15) is 4.79 Å². The molecule has 1 unspecified atom stereocenters. The molecule has 1 aliphatic rings. The first-order valence-corrected chi connectivity index (χ1v) is 6.49. The number of carboxylic acid groups (broad SMARTS) is 1. The normalized spacial score (nSPS) is 19.5. The van der Waals surface area contributed by atoms with Gasteiger partial charge in [-0.1, -0.05) is 12.1 Å². The van der Waals surface area contributed by atoms with Crippen LogP contribution in [-0.4, -0.2) is 30.4 Å².